The van der Waals surface area contributed by atoms with E-state index in [4.69, 9.17) is 9.31 Å². The summed E-state index contributed by atoms with van der Waals surface area (Å²) in [6.07, 6.45) is 0.496. The first-order valence-corrected chi connectivity index (χ1v) is 7.91. The van der Waals surface area contributed by atoms with Gasteiger partial charge in [0.15, 0.2) is 0 Å². The van der Waals surface area contributed by atoms with E-state index in [-0.39, 0.29) is 30.3 Å². The van der Waals surface area contributed by atoms with Gasteiger partial charge in [-0.3, -0.25) is 4.79 Å². The lowest BCUT2D eigenvalue weighted by molar-refractivity contribution is -0.121. The monoisotopic (exact) mass is 303 g/mol. The van der Waals surface area contributed by atoms with Crippen molar-refractivity contribution in [2.45, 2.75) is 65.2 Å². The van der Waals surface area contributed by atoms with Gasteiger partial charge in [-0.1, -0.05) is 31.2 Å². The van der Waals surface area contributed by atoms with Crippen LogP contribution in [0, 0.1) is 0 Å². The molecular weight excluding hydrogens is 277 g/mol. The lowest BCUT2D eigenvalue weighted by atomic mass is 9.78. The highest BCUT2D eigenvalue weighted by molar-refractivity contribution is 6.62. The summed E-state index contributed by atoms with van der Waals surface area (Å²) in [4.78, 5) is 11.5. The molecule has 0 radical (unpaired) electrons. The minimum Gasteiger partial charge on any atom is -0.399 e. The zero-order valence-electron chi connectivity index (χ0n) is 14.4. The fourth-order valence-corrected chi connectivity index (χ4v) is 2.35. The van der Waals surface area contributed by atoms with Gasteiger partial charge in [-0.25, -0.2) is 0 Å². The highest BCUT2D eigenvalue weighted by Gasteiger charge is 2.51. The van der Waals surface area contributed by atoms with E-state index in [0.717, 1.165) is 11.0 Å². The molecule has 1 fully saturated rings. The number of carbonyl (C=O) groups is 1. The maximum atomic E-state index is 11.5. The summed E-state index contributed by atoms with van der Waals surface area (Å²) in [6.45, 7) is 12.0. The number of hydrogen-bond acceptors (Lipinski definition) is 3. The van der Waals surface area contributed by atoms with Crippen LogP contribution in [0.5, 0.6) is 0 Å². The molecule has 1 aromatic rings. The summed E-state index contributed by atoms with van der Waals surface area (Å²) in [5.74, 6) is 0.0579. The van der Waals surface area contributed by atoms with Gasteiger partial charge in [0.2, 0.25) is 5.91 Å². The predicted octanol–water partition coefficient (Wildman–Crippen LogP) is 2.57. The molecule has 4 nitrogen and oxygen atoms in total. The van der Waals surface area contributed by atoms with Crippen LogP contribution in [0.4, 0.5) is 0 Å². The van der Waals surface area contributed by atoms with E-state index in [0.29, 0.717) is 6.42 Å². The first kappa shape index (κ1) is 17.0. The molecule has 1 aliphatic heterocycles. The Morgan fingerprint density at radius 3 is 2.09 bits per heavy atom. The molecule has 1 unspecified atom stereocenters. The summed E-state index contributed by atoms with van der Waals surface area (Å²) in [5.41, 5.74) is 1.40. The fraction of sp³-hybridized carbons (Fsp3) is 0.588. The van der Waals surface area contributed by atoms with Crippen LogP contribution in [-0.4, -0.2) is 24.2 Å². The first-order valence-electron chi connectivity index (χ1n) is 7.91. The van der Waals surface area contributed by atoms with Crippen molar-refractivity contribution in [1.29, 1.82) is 0 Å². The van der Waals surface area contributed by atoms with E-state index in [1.165, 1.54) is 0 Å². The third kappa shape index (κ3) is 3.36. The number of nitrogens with one attached hydrogen (secondary N) is 1. The zero-order chi connectivity index (χ0) is 16.5. The normalized spacial score (nSPS) is 20.7. The quantitative estimate of drug-likeness (QED) is 0.870. The third-order valence-corrected chi connectivity index (χ3v) is 4.66. The van der Waals surface area contributed by atoms with Crippen LogP contribution >= 0.6 is 0 Å². The minimum atomic E-state index is -0.348. The zero-order valence-corrected chi connectivity index (χ0v) is 14.4. The van der Waals surface area contributed by atoms with Crippen LogP contribution < -0.4 is 10.8 Å². The first-order chi connectivity index (χ1) is 10.2. The van der Waals surface area contributed by atoms with Gasteiger partial charge in [0, 0.05) is 6.42 Å². The van der Waals surface area contributed by atoms with Gasteiger partial charge in [-0.15, -0.1) is 0 Å². The molecule has 1 N–H and O–H groups in total. The summed E-state index contributed by atoms with van der Waals surface area (Å²) < 4.78 is 12.1. The molecule has 5 heteroatoms. The maximum absolute atomic E-state index is 11.5. The van der Waals surface area contributed by atoms with Crippen LogP contribution in [0.2, 0.25) is 0 Å². The molecule has 120 valence electrons. The van der Waals surface area contributed by atoms with Crippen molar-refractivity contribution in [3.8, 4) is 0 Å². The van der Waals surface area contributed by atoms with Crippen LogP contribution in [0.3, 0.4) is 0 Å². The summed E-state index contributed by atoms with van der Waals surface area (Å²) >= 11 is 0. The van der Waals surface area contributed by atoms with E-state index >= 15 is 0 Å². The van der Waals surface area contributed by atoms with Crippen LogP contribution in [0.1, 0.15) is 59.6 Å². The van der Waals surface area contributed by atoms with E-state index in [9.17, 15) is 4.79 Å². The molecule has 1 aliphatic rings. The van der Waals surface area contributed by atoms with Gasteiger partial charge in [-0.05, 0) is 45.6 Å². The number of amides is 1. The Hall–Kier alpha value is -1.33. The molecule has 0 aliphatic carbocycles. The highest BCUT2D eigenvalue weighted by Crippen LogP contribution is 2.36. The van der Waals surface area contributed by atoms with Crippen LogP contribution in [0.15, 0.2) is 24.3 Å². The lowest BCUT2D eigenvalue weighted by Crippen LogP contribution is -2.41. The number of carbonyl (C=O) groups excluding carboxylic acids is 1. The Morgan fingerprint density at radius 1 is 1.14 bits per heavy atom. The average Bonchev–Trinajstić information content (AvgIpc) is 2.67. The molecule has 1 atom stereocenters. The molecule has 0 aromatic heterocycles. The molecule has 0 spiro atoms. The van der Waals surface area contributed by atoms with Crippen LogP contribution in [-0.2, 0) is 14.1 Å². The average molecular weight is 303 g/mol. The Bertz CT molecular complexity index is 523. The molecule has 2 rings (SSSR count). The second kappa shape index (κ2) is 6.05. The molecule has 1 heterocycles. The number of benzene rings is 1. The molecular formula is C17H26BNO3. The van der Waals surface area contributed by atoms with Crippen LogP contribution in [0.25, 0.3) is 0 Å². The maximum Gasteiger partial charge on any atom is 0.494 e. The Labute approximate surface area is 133 Å². The Kier molecular flexibility index (Phi) is 4.69. The van der Waals surface area contributed by atoms with Gasteiger partial charge in [0.25, 0.3) is 0 Å². The van der Waals surface area contributed by atoms with E-state index < -0.39 is 0 Å². The van der Waals surface area contributed by atoms with Gasteiger partial charge in [-0.2, -0.15) is 0 Å². The molecule has 1 amide bonds. The van der Waals surface area contributed by atoms with E-state index in [2.05, 4.69) is 5.32 Å². The van der Waals surface area contributed by atoms with Gasteiger partial charge in [0.1, 0.15) is 0 Å². The number of rotatable bonds is 4. The van der Waals surface area contributed by atoms with Crippen molar-refractivity contribution in [2.75, 3.05) is 0 Å². The summed E-state index contributed by atoms with van der Waals surface area (Å²) in [6, 6.07) is 8.04. The van der Waals surface area contributed by atoms with Gasteiger partial charge >= 0.3 is 7.12 Å². The predicted molar refractivity (Wildman–Crippen MR) is 89.0 cm³/mol. The van der Waals surface area contributed by atoms with Gasteiger partial charge in [0.05, 0.1) is 17.2 Å². The molecule has 0 saturated carbocycles. The van der Waals surface area contributed by atoms with E-state index in [1.54, 1.807) is 0 Å². The second-order valence-corrected chi connectivity index (χ2v) is 6.90. The van der Waals surface area contributed by atoms with Crippen molar-refractivity contribution in [1.82, 2.24) is 5.32 Å². The lowest BCUT2D eigenvalue weighted by Gasteiger charge is -2.32. The van der Waals surface area contributed by atoms with Crippen molar-refractivity contribution >= 4 is 18.5 Å². The standard InChI is InChI=1S/C17H26BNO3/c1-7-15(20)19-12(2)13-8-10-14(11-9-13)18-21-16(3,4)17(5,6)22-18/h8-12H,7H2,1-6H3,(H,19,20). The molecule has 1 aromatic carbocycles. The molecule has 22 heavy (non-hydrogen) atoms. The third-order valence-electron chi connectivity index (χ3n) is 4.66. The second-order valence-electron chi connectivity index (χ2n) is 6.90. The van der Waals surface area contributed by atoms with Crippen molar-refractivity contribution in [3.63, 3.8) is 0 Å². The number of hydrogen-bond donors (Lipinski definition) is 1. The van der Waals surface area contributed by atoms with Crippen molar-refractivity contribution in [3.05, 3.63) is 29.8 Å². The topological polar surface area (TPSA) is 47.6 Å². The van der Waals surface area contributed by atoms with Gasteiger partial charge < -0.3 is 14.6 Å². The fourth-order valence-electron chi connectivity index (χ4n) is 2.35. The molecule has 1 saturated heterocycles. The summed E-state index contributed by atoms with van der Waals surface area (Å²) in [5, 5.41) is 2.96. The smallest absolute Gasteiger partial charge is 0.399 e. The Balaban J connectivity index is 2.09. The van der Waals surface area contributed by atoms with Crippen molar-refractivity contribution < 1.29 is 14.1 Å². The minimum absolute atomic E-state index is 0.000188. The molecule has 0 bridgehead atoms. The Morgan fingerprint density at radius 2 is 1.64 bits per heavy atom. The largest absolute Gasteiger partial charge is 0.494 e. The SMILES string of the molecule is CCC(=O)NC(C)c1ccc(B2OC(C)(C)C(C)(C)O2)cc1. The summed E-state index contributed by atoms with van der Waals surface area (Å²) in [7, 11) is -0.348. The van der Waals surface area contributed by atoms with Crippen molar-refractivity contribution in [2.24, 2.45) is 0 Å². The van der Waals surface area contributed by atoms with E-state index in [1.807, 2.05) is 65.8 Å². The highest BCUT2D eigenvalue weighted by atomic mass is 16.7.